The van der Waals surface area contributed by atoms with Crippen LogP contribution in [0.5, 0.6) is 0 Å². The zero-order chi connectivity index (χ0) is 17.2. The number of aliphatic hydroxyl groups excluding tert-OH is 2. The second-order valence-corrected chi connectivity index (χ2v) is 8.99. The predicted octanol–water partition coefficient (Wildman–Crippen LogP) is -1.87. The lowest BCUT2D eigenvalue weighted by Gasteiger charge is -2.42. The summed E-state index contributed by atoms with van der Waals surface area (Å²) in [5.74, 6) is -1.62. The summed E-state index contributed by atoms with van der Waals surface area (Å²) in [4.78, 5) is 59.2. The molecule has 0 heterocycles. The summed E-state index contributed by atoms with van der Waals surface area (Å²) >= 11 is 0. The van der Waals surface area contributed by atoms with Crippen molar-refractivity contribution in [3.63, 3.8) is 0 Å². The van der Waals surface area contributed by atoms with E-state index in [9.17, 15) is 24.7 Å². The van der Waals surface area contributed by atoms with Gasteiger partial charge >= 0.3 is 0 Å². The van der Waals surface area contributed by atoms with E-state index in [-0.39, 0.29) is 12.6 Å². The summed E-state index contributed by atoms with van der Waals surface area (Å²) in [5.41, 5.74) is 0. The van der Waals surface area contributed by atoms with E-state index >= 15 is 0 Å². The fourth-order valence-corrected chi connectivity index (χ4v) is 3.19. The van der Waals surface area contributed by atoms with Crippen LogP contribution in [0.15, 0.2) is 0 Å². The van der Waals surface area contributed by atoms with Crippen molar-refractivity contribution in [3.8, 4) is 0 Å². The minimum absolute atomic E-state index is 0.0326. The Morgan fingerprint density at radius 2 is 1.14 bits per heavy atom. The van der Waals surface area contributed by atoms with Crippen molar-refractivity contribution >= 4 is 15.9 Å². The van der Waals surface area contributed by atoms with Crippen LogP contribution in [0, 0.1) is 0 Å². The molecule has 4 N–H and O–H groups in total. The lowest BCUT2D eigenvalue weighted by molar-refractivity contribution is -0.427. The van der Waals surface area contributed by atoms with Gasteiger partial charge in [-0.25, -0.2) is 9.79 Å². The molecule has 0 aromatic heterocycles. The third kappa shape index (κ3) is 14.2. The highest BCUT2D eigenvalue weighted by Gasteiger charge is 2.30. The first-order chi connectivity index (χ1) is 10.0. The molecular formula is C12H26O8P2-2. The Kier molecular flexibility index (Phi) is 11.4. The summed E-state index contributed by atoms with van der Waals surface area (Å²) < 4.78 is 0. The summed E-state index contributed by atoms with van der Waals surface area (Å²) in [6.45, 7) is 0. The van der Waals surface area contributed by atoms with E-state index in [1.807, 2.05) is 0 Å². The molecule has 0 aliphatic heterocycles. The minimum atomic E-state index is -4.42. The first-order valence-electron chi connectivity index (χ1n) is 7.45. The Hall–Kier alpha value is 0.540. The van der Waals surface area contributed by atoms with E-state index in [2.05, 4.69) is 0 Å². The summed E-state index contributed by atoms with van der Waals surface area (Å²) in [7, 11) is -8.83. The van der Waals surface area contributed by atoms with Crippen LogP contribution < -0.4 is 19.6 Å². The largest absolute Gasteiger partial charge is 0.688 e. The molecule has 2 unspecified atom stereocenters. The first kappa shape index (κ1) is 22.5. The van der Waals surface area contributed by atoms with E-state index in [0.29, 0.717) is 51.4 Å². The minimum Gasteiger partial charge on any atom is -0.688 e. The second kappa shape index (κ2) is 11.2. The monoisotopic (exact) mass is 360 g/mol. The molecule has 0 aliphatic rings. The van der Waals surface area contributed by atoms with Crippen molar-refractivity contribution in [2.45, 2.75) is 69.7 Å². The van der Waals surface area contributed by atoms with Gasteiger partial charge in [-0.2, -0.15) is 7.94 Å². The van der Waals surface area contributed by atoms with Crippen LogP contribution in [0.25, 0.3) is 0 Å². The van der Waals surface area contributed by atoms with Crippen molar-refractivity contribution in [1.82, 2.24) is 0 Å². The van der Waals surface area contributed by atoms with Crippen LogP contribution in [-0.2, 0) is 0 Å². The normalized spacial score (nSPS) is 15.8. The van der Waals surface area contributed by atoms with Gasteiger partial charge in [0.15, 0.2) is 0 Å². The maximum absolute atomic E-state index is 10.7. The van der Waals surface area contributed by atoms with Crippen LogP contribution in [-0.4, -0.2) is 38.1 Å². The molecule has 8 nitrogen and oxygen atoms in total. The third-order valence-corrected chi connectivity index (χ3v) is 5.26. The number of unbranched alkanes of at least 4 members (excludes halogenated alkanes) is 4. The van der Waals surface area contributed by atoms with Crippen molar-refractivity contribution in [2.75, 3.05) is 6.16 Å². The van der Waals surface area contributed by atoms with Gasteiger partial charge in [-0.1, -0.05) is 19.3 Å². The standard InChI is InChI=1S/C12H28O8P2/c13-11(8-4-2-6-10-21(15,16)17)7-3-1-5-9-12(14)22(18,19)20/h11-14H,1-10H2,(H2,15,16,17)(H2,18,19,20)/p-2. The topological polar surface area (TPSA) is 173 Å². The van der Waals surface area contributed by atoms with Crippen molar-refractivity contribution in [1.29, 1.82) is 0 Å². The predicted molar refractivity (Wildman–Crippen MR) is 76.7 cm³/mol. The molecule has 0 bridgehead atoms. The van der Waals surface area contributed by atoms with E-state index in [1.165, 1.54) is 0 Å². The van der Waals surface area contributed by atoms with Gasteiger partial charge in [0, 0.05) is 12.6 Å². The van der Waals surface area contributed by atoms with Crippen molar-refractivity contribution < 1.29 is 39.6 Å². The summed E-state index contributed by atoms with van der Waals surface area (Å²) in [6, 6.07) is 0. The molecule has 0 saturated heterocycles. The van der Waals surface area contributed by atoms with Gasteiger partial charge in [-0.3, -0.25) is 0 Å². The van der Waals surface area contributed by atoms with Crippen LogP contribution in [0.3, 0.4) is 0 Å². The van der Waals surface area contributed by atoms with Crippen LogP contribution in [0.4, 0.5) is 0 Å². The first-order valence-corrected chi connectivity index (χ1v) is 10.9. The molecule has 0 fully saturated rings. The lowest BCUT2D eigenvalue weighted by atomic mass is 10.0. The Morgan fingerprint density at radius 3 is 1.59 bits per heavy atom. The van der Waals surface area contributed by atoms with Gasteiger partial charge in [-0.05, 0) is 32.1 Å². The molecule has 134 valence electrons. The van der Waals surface area contributed by atoms with Crippen LogP contribution in [0.1, 0.15) is 57.8 Å². The van der Waals surface area contributed by atoms with Gasteiger partial charge in [-0.15, -0.1) is 0 Å². The number of rotatable bonds is 13. The average molecular weight is 360 g/mol. The fourth-order valence-electron chi connectivity index (χ4n) is 2.06. The molecule has 22 heavy (non-hydrogen) atoms. The third-order valence-electron chi connectivity index (χ3n) is 3.36. The Balaban J connectivity index is 3.45. The molecule has 0 spiro atoms. The smallest absolute Gasteiger partial charge is 0.259 e. The molecule has 0 saturated carbocycles. The molecule has 0 aliphatic carbocycles. The van der Waals surface area contributed by atoms with Gasteiger partial charge in [0.05, 0.1) is 6.10 Å². The quantitative estimate of drug-likeness (QED) is 0.218. The SMILES string of the molecule is [O-][P+]([O-])([O-])CCCCCC(O)CCCCCC(O)[P+]([O-])(O)O. The zero-order valence-corrected chi connectivity index (χ0v) is 14.3. The van der Waals surface area contributed by atoms with Gasteiger partial charge < -0.3 is 29.8 Å². The average Bonchev–Trinajstić information content (AvgIpc) is 2.35. The Morgan fingerprint density at radius 1 is 0.682 bits per heavy atom. The molecule has 0 rings (SSSR count). The highest BCUT2D eigenvalue weighted by atomic mass is 31.2. The molecule has 0 aromatic rings. The van der Waals surface area contributed by atoms with E-state index in [1.54, 1.807) is 0 Å². The van der Waals surface area contributed by atoms with Crippen molar-refractivity contribution in [2.24, 2.45) is 0 Å². The van der Waals surface area contributed by atoms with E-state index < -0.39 is 27.8 Å². The van der Waals surface area contributed by atoms with E-state index in [0.717, 1.165) is 0 Å². The van der Waals surface area contributed by atoms with Crippen molar-refractivity contribution in [3.05, 3.63) is 0 Å². The summed E-state index contributed by atoms with van der Waals surface area (Å²) in [5, 5.41) is 18.8. The molecule has 10 heteroatoms. The Bertz CT molecular complexity index is 279. The van der Waals surface area contributed by atoms with Gasteiger partial charge in [0.1, 0.15) is 0 Å². The zero-order valence-electron chi connectivity index (χ0n) is 12.5. The number of hydrogen-bond acceptors (Lipinski definition) is 8. The van der Waals surface area contributed by atoms with Gasteiger partial charge in [0.25, 0.3) is 7.94 Å². The van der Waals surface area contributed by atoms with Gasteiger partial charge in [0.2, 0.25) is 5.85 Å². The molecule has 2 atom stereocenters. The van der Waals surface area contributed by atoms with Crippen LogP contribution >= 0.6 is 15.9 Å². The molecule has 0 amide bonds. The maximum atomic E-state index is 10.7. The second-order valence-electron chi connectivity index (χ2n) is 5.55. The number of aliphatic hydroxyl groups is 2. The summed E-state index contributed by atoms with van der Waals surface area (Å²) in [6.07, 6.45) is 3.64. The molecule has 0 radical (unpaired) electrons. The molecule has 0 aromatic carbocycles. The Labute approximate surface area is 132 Å². The van der Waals surface area contributed by atoms with Crippen LogP contribution in [0.2, 0.25) is 0 Å². The maximum Gasteiger partial charge on any atom is 0.259 e. The van der Waals surface area contributed by atoms with E-state index in [4.69, 9.17) is 14.9 Å². The highest BCUT2D eigenvalue weighted by molar-refractivity contribution is 7.57. The highest BCUT2D eigenvalue weighted by Crippen LogP contribution is 2.45. The molecular weight excluding hydrogens is 334 g/mol. The fraction of sp³-hybridized carbons (Fsp3) is 1.00. The number of hydrogen-bond donors (Lipinski definition) is 4. The lowest BCUT2D eigenvalue weighted by Crippen LogP contribution is -2.34.